The standard InChI is InChI=1S/C36H49NO4/c1-22(38)25-12-15-36(31(40)41-7)17-16-34(5)26(29(25)36)10-11-28-33(4)20-24(19-23-9-8-18-37-21-23)30(39)32(2,3)27(33)13-14-35(28,34)6/h8-9,18-19,21,25-29H,10-17,20H2,1-7H3/b24-19-/t25-,26+,27-,28+,29+,33-,34+,35+,36-/m0/s1. The largest absolute Gasteiger partial charge is 0.469 e. The quantitative estimate of drug-likeness (QED) is 0.283. The van der Waals surface area contributed by atoms with Crippen LogP contribution in [0.25, 0.3) is 6.08 Å². The first-order chi connectivity index (χ1) is 19.3. The van der Waals surface area contributed by atoms with E-state index >= 15 is 0 Å². The highest BCUT2D eigenvalue weighted by Crippen LogP contribution is 2.77. The van der Waals surface area contributed by atoms with Gasteiger partial charge in [0.15, 0.2) is 5.78 Å². The number of fused-ring (bicyclic) bond motifs is 7. The monoisotopic (exact) mass is 559 g/mol. The molecule has 0 aromatic carbocycles. The second-order valence-corrected chi connectivity index (χ2v) is 15.8. The Kier molecular flexibility index (Phi) is 6.57. The van der Waals surface area contributed by atoms with Gasteiger partial charge in [0.1, 0.15) is 5.78 Å². The normalized spacial score (nSPS) is 45.7. The topological polar surface area (TPSA) is 73.3 Å². The third-order valence-corrected chi connectivity index (χ3v) is 14.2. The average Bonchev–Trinajstić information content (AvgIpc) is 3.33. The molecule has 0 amide bonds. The molecule has 5 heteroatoms. The maximum absolute atomic E-state index is 14.0. The molecule has 41 heavy (non-hydrogen) atoms. The number of carbonyl (C=O) groups is 3. The van der Waals surface area contributed by atoms with Crippen LogP contribution in [-0.4, -0.2) is 29.6 Å². The summed E-state index contributed by atoms with van der Waals surface area (Å²) < 4.78 is 5.45. The maximum Gasteiger partial charge on any atom is 0.312 e. The lowest BCUT2D eigenvalue weighted by atomic mass is 9.32. The molecule has 1 aromatic heterocycles. The fourth-order valence-corrected chi connectivity index (χ4v) is 12.2. The molecular formula is C36H49NO4. The van der Waals surface area contributed by atoms with Crippen molar-refractivity contribution in [3.8, 4) is 0 Å². The van der Waals surface area contributed by atoms with E-state index in [0.29, 0.717) is 23.5 Å². The molecule has 5 aliphatic rings. The number of methoxy groups -OCH3 is 1. The Morgan fingerprint density at radius 3 is 2.37 bits per heavy atom. The second kappa shape index (κ2) is 9.35. The van der Waals surface area contributed by atoms with E-state index in [1.807, 2.05) is 18.3 Å². The predicted molar refractivity (Wildman–Crippen MR) is 159 cm³/mol. The number of carbonyl (C=O) groups excluding carboxylic acids is 3. The number of hydrogen-bond acceptors (Lipinski definition) is 5. The van der Waals surface area contributed by atoms with Gasteiger partial charge in [-0.05, 0) is 128 Å². The van der Waals surface area contributed by atoms with Gasteiger partial charge in [-0.1, -0.05) is 40.7 Å². The zero-order chi connectivity index (χ0) is 29.6. The molecule has 1 heterocycles. The second-order valence-electron chi connectivity index (χ2n) is 15.8. The van der Waals surface area contributed by atoms with Gasteiger partial charge in [-0.3, -0.25) is 19.4 Å². The molecule has 5 aliphatic carbocycles. The van der Waals surface area contributed by atoms with Crippen LogP contribution < -0.4 is 0 Å². The van der Waals surface area contributed by atoms with Gasteiger partial charge in [0.2, 0.25) is 0 Å². The van der Waals surface area contributed by atoms with Crippen LogP contribution in [0.4, 0.5) is 0 Å². The summed E-state index contributed by atoms with van der Waals surface area (Å²) in [7, 11) is 1.52. The van der Waals surface area contributed by atoms with E-state index < -0.39 is 10.8 Å². The number of ether oxygens (including phenoxy) is 1. The minimum absolute atomic E-state index is 0.00102. The first kappa shape index (κ1) is 28.8. The van der Waals surface area contributed by atoms with E-state index in [-0.39, 0.29) is 39.8 Å². The third kappa shape index (κ3) is 3.72. The molecule has 0 radical (unpaired) electrons. The fraction of sp³-hybridized carbons (Fsp3) is 0.722. The van der Waals surface area contributed by atoms with Crippen LogP contribution >= 0.6 is 0 Å². The zero-order valence-electron chi connectivity index (χ0n) is 26.2. The summed E-state index contributed by atoms with van der Waals surface area (Å²) in [6.45, 7) is 13.7. The van der Waals surface area contributed by atoms with Crippen molar-refractivity contribution in [1.29, 1.82) is 0 Å². The Bertz CT molecular complexity index is 1300. The maximum atomic E-state index is 14.0. The highest BCUT2D eigenvalue weighted by atomic mass is 16.5. The summed E-state index contributed by atoms with van der Waals surface area (Å²) >= 11 is 0. The molecule has 222 valence electrons. The molecule has 9 atom stereocenters. The molecular weight excluding hydrogens is 510 g/mol. The Balaban J connectivity index is 1.42. The minimum atomic E-state index is -0.515. The third-order valence-electron chi connectivity index (χ3n) is 14.2. The number of allylic oxidation sites excluding steroid dienone is 1. The molecule has 1 aromatic rings. The van der Waals surface area contributed by atoms with Crippen molar-refractivity contribution in [3.05, 3.63) is 35.7 Å². The van der Waals surface area contributed by atoms with Crippen molar-refractivity contribution >= 4 is 23.6 Å². The molecule has 0 unspecified atom stereocenters. The van der Waals surface area contributed by atoms with Gasteiger partial charge in [0.05, 0.1) is 12.5 Å². The van der Waals surface area contributed by atoms with E-state index in [0.717, 1.165) is 68.9 Å². The van der Waals surface area contributed by atoms with Crippen molar-refractivity contribution in [2.75, 3.05) is 7.11 Å². The van der Waals surface area contributed by atoms with Crippen molar-refractivity contribution in [2.45, 2.75) is 99.3 Å². The number of rotatable bonds is 3. The van der Waals surface area contributed by atoms with Crippen molar-refractivity contribution in [3.63, 3.8) is 0 Å². The molecule has 5 fully saturated rings. The Hall–Kier alpha value is -2.30. The molecule has 6 rings (SSSR count). The molecule has 0 saturated heterocycles. The number of hydrogen-bond donors (Lipinski definition) is 0. The van der Waals surface area contributed by atoms with Gasteiger partial charge < -0.3 is 4.74 Å². The Labute approximate surface area is 246 Å². The molecule has 5 saturated carbocycles. The first-order valence-electron chi connectivity index (χ1n) is 16.0. The van der Waals surface area contributed by atoms with Crippen LogP contribution in [0.15, 0.2) is 30.1 Å². The summed E-state index contributed by atoms with van der Waals surface area (Å²) in [5.41, 5.74) is 1.10. The smallest absolute Gasteiger partial charge is 0.312 e. The lowest BCUT2D eigenvalue weighted by molar-refractivity contribution is -0.232. The van der Waals surface area contributed by atoms with Crippen molar-refractivity contribution in [1.82, 2.24) is 4.98 Å². The van der Waals surface area contributed by atoms with E-state index in [1.165, 1.54) is 7.11 Å². The highest BCUT2D eigenvalue weighted by molar-refractivity contribution is 6.04. The minimum Gasteiger partial charge on any atom is -0.469 e. The number of aromatic nitrogens is 1. The van der Waals surface area contributed by atoms with Crippen LogP contribution in [0, 0.1) is 56.7 Å². The lowest BCUT2D eigenvalue weighted by Crippen LogP contribution is -2.67. The predicted octanol–water partition coefficient (Wildman–Crippen LogP) is 7.49. The van der Waals surface area contributed by atoms with E-state index in [4.69, 9.17) is 4.74 Å². The van der Waals surface area contributed by atoms with Gasteiger partial charge in [-0.2, -0.15) is 0 Å². The molecule has 0 bridgehead atoms. The van der Waals surface area contributed by atoms with Crippen LogP contribution in [0.3, 0.4) is 0 Å². The van der Waals surface area contributed by atoms with Gasteiger partial charge >= 0.3 is 5.97 Å². The molecule has 0 aliphatic heterocycles. The van der Waals surface area contributed by atoms with E-state index in [1.54, 1.807) is 13.1 Å². The summed E-state index contributed by atoms with van der Waals surface area (Å²) in [6.07, 6.45) is 14.2. The molecule has 5 nitrogen and oxygen atoms in total. The molecule has 0 N–H and O–H groups in total. The SMILES string of the molecule is COC(=O)[C@]12CC[C@@H](C(C)=O)[C@@H]1[C@H]1CC[C@@H]3[C@@]4(C)C/C(=C/c5cccnc5)C(=O)C(C)(C)[C@@H]4CC[C@@]3(C)[C@]1(C)CC2. The van der Waals surface area contributed by atoms with Crippen molar-refractivity contribution in [2.24, 2.45) is 56.7 Å². The number of Topliss-reactive ketones (excluding diaryl/α,β-unsaturated/α-hetero) is 2. The van der Waals surface area contributed by atoms with Crippen LogP contribution in [0.2, 0.25) is 0 Å². The summed E-state index contributed by atoms with van der Waals surface area (Å²) in [5.74, 6) is 1.61. The number of ketones is 2. The highest BCUT2D eigenvalue weighted by Gasteiger charge is 2.72. The van der Waals surface area contributed by atoms with Crippen LogP contribution in [0.1, 0.15) is 105 Å². The van der Waals surface area contributed by atoms with Crippen LogP contribution in [-0.2, 0) is 19.1 Å². The lowest BCUT2D eigenvalue weighted by Gasteiger charge is -2.72. The Morgan fingerprint density at radius 2 is 1.71 bits per heavy atom. The van der Waals surface area contributed by atoms with Gasteiger partial charge in [-0.15, -0.1) is 0 Å². The zero-order valence-corrected chi connectivity index (χ0v) is 26.2. The average molecular weight is 560 g/mol. The van der Waals surface area contributed by atoms with Gasteiger partial charge in [-0.25, -0.2) is 0 Å². The number of nitrogens with zero attached hydrogens (tertiary/aromatic N) is 1. The van der Waals surface area contributed by atoms with Gasteiger partial charge in [0.25, 0.3) is 0 Å². The van der Waals surface area contributed by atoms with Gasteiger partial charge in [0, 0.05) is 23.7 Å². The molecule has 0 spiro atoms. The summed E-state index contributed by atoms with van der Waals surface area (Å²) in [5, 5.41) is 0. The first-order valence-corrected chi connectivity index (χ1v) is 16.0. The Morgan fingerprint density at radius 1 is 0.951 bits per heavy atom. The summed E-state index contributed by atoms with van der Waals surface area (Å²) in [6, 6.07) is 3.97. The van der Waals surface area contributed by atoms with E-state index in [2.05, 4.69) is 45.7 Å². The summed E-state index contributed by atoms with van der Waals surface area (Å²) in [4.78, 5) is 44.7. The fourth-order valence-electron chi connectivity index (χ4n) is 12.2. The number of esters is 1. The van der Waals surface area contributed by atoms with Crippen molar-refractivity contribution < 1.29 is 19.1 Å². The number of pyridine rings is 1. The van der Waals surface area contributed by atoms with Crippen LogP contribution in [0.5, 0.6) is 0 Å². The van der Waals surface area contributed by atoms with E-state index in [9.17, 15) is 14.4 Å².